The quantitative estimate of drug-likeness (QED) is 0.860. The summed E-state index contributed by atoms with van der Waals surface area (Å²) >= 11 is 0. The van der Waals surface area contributed by atoms with E-state index in [1.807, 2.05) is 35.0 Å². The SMILES string of the molecule is O=C(OCc1ccccc1)N1CCN[C@H](CCn2cc(C3CC3)nn2)C1. The van der Waals surface area contributed by atoms with Gasteiger partial charge in [0.1, 0.15) is 6.61 Å². The Labute approximate surface area is 153 Å². The summed E-state index contributed by atoms with van der Waals surface area (Å²) in [5.74, 6) is 0.631. The van der Waals surface area contributed by atoms with Gasteiger partial charge in [0.05, 0.1) is 5.69 Å². The molecule has 1 aromatic heterocycles. The summed E-state index contributed by atoms with van der Waals surface area (Å²) in [7, 11) is 0. The Hall–Kier alpha value is -2.41. The lowest BCUT2D eigenvalue weighted by atomic mass is 10.1. The second kappa shape index (κ2) is 7.86. The average molecular weight is 355 g/mol. The van der Waals surface area contributed by atoms with Crippen molar-refractivity contribution in [3.63, 3.8) is 0 Å². The zero-order chi connectivity index (χ0) is 17.8. The number of carbonyl (C=O) groups is 1. The number of piperazine rings is 1. The van der Waals surface area contributed by atoms with Gasteiger partial charge in [-0.25, -0.2) is 4.79 Å². The maximum Gasteiger partial charge on any atom is 0.410 e. The Balaban J connectivity index is 1.23. The van der Waals surface area contributed by atoms with Crippen LogP contribution in [0.1, 0.15) is 36.4 Å². The number of hydrogen-bond acceptors (Lipinski definition) is 5. The summed E-state index contributed by atoms with van der Waals surface area (Å²) in [4.78, 5) is 14.1. The van der Waals surface area contributed by atoms with Crippen molar-refractivity contribution in [2.45, 2.75) is 44.4 Å². The summed E-state index contributed by atoms with van der Waals surface area (Å²) in [6, 6.07) is 10.0. The van der Waals surface area contributed by atoms with Gasteiger partial charge in [-0.15, -0.1) is 5.10 Å². The molecule has 1 amide bonds. The van der Waals surface area contributed by atoms with Crippen molar-refractivity contribution in [1.82, 2.24) is 25.2 Å². The van der Waals surface area contributed by atoms with Gasteiger partial charge in [-0.3, -0.25) is 4.68 Å². The van der Waals surface area contributed by atoms with Gasteiger partial charge >= 0.3 is 6.09 Å². The molecule has 0 spiro atoms. The van der Waals surface area contributed by atoms with E-state index >= 15 is 0 Å². The number of aryl methyl sites for hydroxylation is 1. The lowest BCUT2D eigenvalue weighted by Gasteiger charge is -2.33. The number of benzene rings is 1. The molecule has 2 heterocycles. The Bertz CT molecular complexity index is 729. The second-order valence-corrected chi connectivity index (χ2v) is 7.11. The minimum absolute atomic E-state index is 0.239. The van der Waals surface area contributed by atoms with Crippen LogP contribution >= 0.6 is 0 Å². The second-order valence-electron chi connectivity index (χ2n) is 7.11. The highest BCUT2D eigenvalue weighted by molar-refractivity contribution is 5.67. The van der Waals surface area contributed by atoms with Crippen LogP contribution in [-0.4, -0.2) is 51.7 Å². The molecule has 7 nitrogen and oxygen atoms in total. The third kappa shape index (κ3) is 4.40. The molecule has 2 aromatic rings. The standard InChI is InChI=1S/C19H25N5O2/c25-19(26-14-15-4-2-1-3-5-15)23-11-9-20-17(12-23)8-10-24-13-18(21-22-24)16-6-7-16/h1-5,13,16-17,20H,6-12,14H2/t17-/m1/s1. The van der Waals surface area contributed by atoms with Gasteiger partial charge in [0.2, 0.25) is 0 Å². The van der Waals surface area contributed by atoms with Crippen LogP contribution in [0.3, 0.4) is 0 Å². The van der Waals surface area contributed by atoms with Gasteiger partial charge < -0.3 is 15.0 Å². The highest BCUT2D eigenvalue weighted by atomic mass is 16.6. The molecule has 0 radical (unpaired) electrons. The minimum Gasteiger partial charge on any atom is -0.445 e. The van der Waals surface area contributed by atoms with E-state index in [1.54, 1.807) is 4.90 Å². The van der Waals surface area contributed by atoms with E-state index in [4.69, 9.17) is 4.74 Å². The van der Waals surface area contributed by atoms with Crippen molar-refractivity contribution >= 4 is 6.09 Å². The number of hydrogen-bond donors (Lipinski definition) is 1. The number of ether oxygens (including phenoxy) is 1. The smallest absolute Gasteiger partial charge is 0.410 e. The molecule has 0 bridgehead atoms. The third-order valence-electron chi connectivity index (χ3n) is 4.98. The average Bonchev–Trinajstić information content (AvgIpc) is 3.44. The van der Waals surface area contributed by atoms with E-state index in [0.717, 1.165) is 30.8 Å². The van der Waals surface area contributed by atoms with Gasteiger partial charge in [-0.2, -0.15) is 0 Å². The molecule has 2 fully saturated rings. The first-order valence-corrected chi connectivity index (χ1v) is 9.37. The summed E-state index contributed by atoms with van der Waals surface area (Å²) in [5.41, 5.74) is 2.12. The maximum absolute atomic E-state index is 12.3. The maximum atomic E-state index is 12.3. The number of nitrogens with zero attached hydrogens (tertiary/aromatic N) is 4. The topological polar surface area (TPSA) is 72.3 Å². The van der Waals surface area contributed by atoms with Crippen LogP contribution in [0.15, 0.2) is 36.5 Å². The molecular weight excluding hydrogens is 330 g/mol. The number of amides is 1. The van der Waals surface area contributed by atoms with Crippen LogP contribution in [0.2, 0.25) is 0 Å². The molecule has 138 valence electrons. The zero-order valence-electron chi connectivity index (χ0n) is 14.9. The molecular formula is C19H25N5O2. The highest BCUT2D eigenvalue weighted by Gasteiger charge is 2.27. The van der Waals surface area contributed by atoms with Crippen LogP contribution in [0, 0.1) is 0 Å². The molecule has 1 atom stereocenters. The molecule has 1 N–H and O–H groups in total. The van der Waals surface area contributed by atoms with Crippen molar-refractivity contribution in [2.24, 2.45) is 0 Å². The Morgan fingerprint density at radius 1 is 1.27 bits per heavy atom. The van der Waals surface area contributed by atoms with Crippen molar-refractivity contribution in [3.8, 4) is 0 Å². The largest absolute Gasteiger partial charge is 0.445 e. The van der Waals surface area contributed by atoms with E-state index < -0.39 is 0 Å². The van der Waals surface area contributed by atoms with E-state index in [-0.39, 0.29) is 12.1 Å². The fourth-order valence-corrected chi connectivity index (χ4v) is 3.27. The van der Waals surface area contributed by atoms with Crippen molar-refractivity contribution < 1.29 is 9.53 Å². The van der Waals surface area contributed by atoms with Crippen molar-refractivity contribution in [3.05, 3.63) is 47.8 Å². The first-order chi connectivity index (χ1) is 12.8. The Morgan fingerprint density at radius 2 is 2.12 bits per heavy atom. The summed E-state index contributed by atoms with van der Waals surface area (Å²) in [5, 5.41) is 11.9. The Morgan fingerprint density at radius 3 is 2.92 bits per heavy atom. The first-order valence-electron chi connectivity index (χ1n) is 9.37. The molecule has 1 saturated carbocycles. The van der Waals surface area contributed by atoms with Crippen LogP contribution in [-0.2, 0) is 17.9 Å². The normalized spacial score (nSPS) is 20.2. The monoisotopic (exact) mass is 355 g/mol. The van der Waals surface area contributed by atoms with Crippen molar-refractivity contribution in [1.29, 1.82) is 0 Å². The molecule has 2 aliphatic rings. The molecule has 7 heteroatoms. The van der Waals surface area contributed by atoms with E-state index in [1.165, 1.54) is 12.8 Å². The van der Waals surface area contributed by atoms with Crippen LogP contribution < -0.4 is 5.32 Å². The number of carbonyl (C=O) groups excluding carboxylic acids is 1. The predicted molar refractivity (Wildman–Crippen MR) is 96.6 cm³/mol. The zero-order valence-corrected chi connectivity index (χ0v) is 14.9. The molecule has 26 heavy (non-hydrogen) atoms. The molecule has 1 aromatic carbocycles. The third-order valence-corrected chi connectivity index (χ3v) is 4.98. The lowest BCUT2D eigenvalue weighted by molar-refractivity contribution is 0.0837. The molecule has 1 saturated heterocycles. The van der Waals surface area contributed by atoms with Gasteiger partial charge in [0, 0.05) is 44.3 Å². The number of rotatable bonds is 6. The minimum atomic E-state index is -0.239. The number of nitrogens with one attached hydrogen (secondary N) is 1. The summed E-state index contributed by atoms with van der Waals surface area (Å²) in [6.45, 7) is 3.26. The van der Waals surface area contributed by atoms with E-state index in [2.05, 4.69) is 21.8 Å². The van der Waals surface area contributed by atoms with Crippen LogP contribution in [0.4, 0.5) is 4.79 Å². The van der Waals surface area contributed by atoms with Gasteiger partial charge in [0.15, 0.2) is 0 Å². The molecule has 4 rings (SSSR count). The molecule has 0 unspecified atom stereocenters. The van der Waals surface area contributed by atoms with Gasteiger partial charge in [-0.05, 0) is 24.8 Å². The molecule has 1 aliphatic carbocycles. The van der Waals surface area contributed by atoms with Crippen LogP contribution in [0.25, 0.3) is 0 Å². The van der Waals surface area contributed by atoms with E-state index in [9.17, 15) is 4.79 Å². The lowest BCUT2D eigenvalue weighted by Crippen LogP contribution is -2.52. The Kier molecular flexibility index (Phi) is 5.15. The van der Waals surface area contributed by atoms with Crippen molar-refractivity contribution in [2.75, 3.05) is 19.6 Å². The van der Waals surface area contributed by atoms with Gasteiger partial charge in [-0.1, -0.05) is 35.5 Å². The van der Waals surface area contributed by atoms with E-state index in [0.29, 0.717) is 25.6 Å². The van der Waals surface area contributed by atoms with Crippen LogP contribution in [0.5, 0.6) is 0 Å². The fourth-order valence-electron chi connectivity index (χ4n) is 3.27. The summed E-state index contributed by atoms with van der Waals surface area (Å²) in [6.07, 6.45) is 5.21. The predicted octanol–water partition coefficient (Wildman–Crippen LogP) is 2.16. The summed E-state index contributed by atoms with van der Waals surface area (Å²) < 4.78 is 7.37. The number of aromatic nitrogens is 3. The highest BCUT2D eigenvalue weighted by Crippen LogP contribution is 2.38. The molecule has 1 aliphatic heterocycles. The fraction of sp³-hybridized carbons (Fsp3) is 0.526. The van der Waals surface area contributed by atoms with Gasteiger partial charge in [0.25, 0.3) is 0 Å². The first kappa shape index (κ1) is 17.0.